The Morgan fingerprint density at radius 2 is 0.892 bits per heavy atom. The minimum Gasteiger partial charge on any atom is -0.462 e. The fourth-order valence-corrected chi connectivity index (χ4v) is 4.57. The predicted molar refractivity (Wildman–Crippen MR) is 155 cm³/mol. The second-order valence-corrected chi connectivity index (χ2v) is 11.9. The average molecular weight is 527 g/mol. The molecule has 0 aliphatic heterocycles. The van der Waals surface area contributed by atoms with Gasteiger partial charge in [0.1, 0.15) is 6.61 Å². The third kappa shape index (κ3) is 27.7. The lowest BCUT2D eigenvalue weighted by atomic mass is 10.0. The number of esters is 2. The topological polar surface area (TPSA) is 72.8 Å². The van der Waals surface area contributed by atoms with Gasteiger partial charge in [-0.25, -0.2) is 0 Å². The molecular weight excluding hydrogens is 464 g/mol. The van der Waals surface area contributed by atoms with E-state index in [0.717, 1.165) is 50.4 Å². The lowest BCUT2D eigenvalue weighted by molar-refractivity contribution is -0.161. The van der Waals surface area contributed by atoms with Gasteiger partial charge in [0.05, 0.1) is 6.61 Å². The molecule has 0 radical (unpaired) electrons. The zero-order valence-electron chi connectivity index (χ0n) is 25.1. The van der Waals surface area contributed by atoms with Crippen LogP contribution in [0.2, 0.25) is 0 Å². The van der Waals surface area contributed by atoms with Crippen molar-refractivity contribution in [3.63, 3.8) is 0 Å². The Labute approximate surface area is 229 Å². The van der Waals surface area contributed by atoms with E-state index in [1.165, 1.54) is 83.5 Å². The number of hydrogen-bond donors (Lipinski definition) is 1. The van der Waals surface area contributed by atoms with Crippen LogP contribution in [0.25, 0.3) is 0 Å². The summed E-state index contributed by atoms with van der Waals surface area (Å²) >= 11 is 0. The van der Waals surface area contributed by atoms with E-state index in [1.807, 2.05) is 0 Å². The highest BCUT2D eigenvalue weighted by atomic mass is 16.6. The van der Waals surface area contributed by atoms with Gasteiger partial charge in [-0.05, 0) is 24.7 Å². The Morgan fingerprint density at radius 1 is 0.541 bits per heavy atom. The number of ether oxygens (including phenoxy) is 2. The van der Waals surface area contributed by atoms with E-state index in [2.05, 4.69) is 27.7 Å². The summed E-state index contributed by atoms with van der Waals surface area (Å²) < 4.78 is 10.5. The van der Waals surface area contributed by atoms with E-state index in [9.17, 15) is 14.7 Å². The smallest absolute Gasteiger partial charge is 0.306 e. The lowest BCUT2D eigenvalue weighted by Gasteiger charge is -2.15. The molecule has 0 aromatic carbocycles. The van der Waals surface area contributed by atoms with Crippen molar-refractivity contribution in [2.24, 2.45) is 11.8 Å². The number of aliphatic hydroxyl groups excluding tert-OH is 1. The van der Waals surface area contributed by atoms with Crippen LogP contribution in [0.3, 0.4) is 0 Å². The zero-order valence-corrected chi connectivity index (χ0v) is 25.1. The van der Waals surface area contributed by atoms with Gasteiger partial charge in [-0.1, -0.05) is 137 Å². The van der Waals surface area contributed by atoms with Gasteiger partial charge in [0.2, 0.25) is 0 Å². The second kappa shape index (κ2) is 26.5. The van der Waals surface area contributed by atoms with Crippen molar-refractivity contribution < 1.29 is 24.2 Å². The first kappa shape index (κ1) is 35.9. The summed E-state index contributed by atoms with van der Waals surface area (Å²) in [7, 11) is 0. The third-order valence-corrected chi connectivity index (χ3v) is 7.01. The molecule has 0 aromatic rings. The molecule has 0 saturated carbocycles. The number of hydrogen-bond acceptors (Lipinski definition) is 5. The summed E-state index contributed by atoms with van der Waals surface area (Å²) in [5.41, 5.74) is 0. The van der Waals surface area contributed by atoms with Crippen LogP contribution in [-0.2, 0) is 19.1 Å². The predicted octanol–water partition coefficient (Wildman–Crippen LogP) is 8.94. The summed E-state index contributed by atoms with van der Waals surface area (Å²) in [4.78, 5) is 24.0. The van der Waals surface area contributed by atoms with E-state index < -0.39 is 6.10 Å². The average Bonchev–Trinajstić information content (AvgIpc) is 2.85. The van der Waals surface area contributed by atoms with E-state index in [1.54, 1.807) is 0 Å². The summed E-state index contributed by atoms with van der Waals surface area (Å²) in [5, 5.41) is 9.47. The largest absolute Gasteiger partial charge is 0.462 e. The highest BCUT2D eigenvalue weighted by molar-refractivity contribution is 5.70. The van der Waals surface area contributed by atoms with Crippen LogP contribution in [-0.4, -0.2) is 36.4 Å². The second-order valence-electron chi connectivity index (χ2n) is 11.9. The molecule has 220 valence electrons. The Balaban J connectivity index is 3.58. The van der Waals surface area contributed by atoms with E-state index in [0.29, 0.717) is 12.8 Å². The minimum atomic E-state index is -0.761. The first-order chi connectivity index (χ1) is 17.8. The summed E-state index contributed by atoms with van der Waals surface area (Å²) in [5.74, 6) is 1.03. The van der Waals surface area contributed by atoms with Crippen molar-refractivity contribution in [2.45, 2.75) is 169 Å². The molecule has 1 N–H and O–H groups in total. The molecule has 5 heteroatoms. The molecule has 0 spiro atoms. The first-order valence-corrected chi connectivity index (χ1v) is 15.8. The normalized spacial score (nSPS) is 12.3. The van der Waals surface area contributed by atoms with Gasteiger partial charge in [-0.3, -0.25) is 9.59 Å². The van der Waals surface area contributed by atoms with Crippen LogP contribution < -0.4 is 0 Å². The Kier molecular flexibility index (Phi) is 25.7. The van der Waals surface area contributed by atoms with Crippen molar-refractivity contribution in [2.75, 3.05) is 13.2 Å². The lowest BCUT2D eigenvalue weighted by Crippen LogP contribution is -2.28. The quantitative estimate of drug-likeness (QED) is 0.0854. The molecule has 0 heterocycles. The maximum absolute atomic E-state index is 12.1. The van der Waals surface area contributed by atoms with Crippen LogP contribution in [0, 0.1) is 11.8 Å². The molecule has 0 aliphatic carbocycles. The molecule has 0 amide bonds. The van der Waals surface area contributed by atoms with Crippen LogP contribution in [0.1, 0.15) is 163 Å². The number of unbranched alkanes of at least 4 members (excludes halogenated alkanes) is 15. The van der Waals surface area contributed by atoms with Gasteiger partial charge in [0, 0.05) is 12.8 Å². The number of carbonyl (C=O) groups excluding carboxylic acids is 2. The maximum atomic E-state index is 12.1. The van der Waals surface area contributed by atoms with Gasteiger partial charge in [-0.15, -0.1) is 0 Å². The Hall–Kier alpha value is -1.10. The van der Waals surface area contributed by atoms with Gasteiger partial charge in [0.25, 0.3) is 0 Å². The number of aliphatic hydroxyl groups is 1. The molecule has 0 aromatic heterocycles. The highest BCUT2D eigenvalue weighted by Crippen LogP contribution is 2.15. The van der Waals surface area contributed by atoms with Crippen LogP contribution in [0.15, 0.2) is 0 Å². The van der Waals surface area contributed by atoms with Gasteiger partial charge >= 0.3 is 11.9 Å². The number of rotatable bonds is 27. The SMILES string of the molecule is CC(C)CCCCCCCCCCCCC(=O)O[C@@H](CO)COC(=O)CCCCCCCCCC(C)C. The first-order valence-electron chi connectivity index (χ1n) is 15.8. The fraction of sp³-hybridized carbons (Fsp3) is 0.938. The van der Waals surface area contributed by atoms with Gasteiger partial charge in [-0.2, -0.15) is 0 Å². The van der Waals surface area contributed by atoms with Crippen LogP contribution in [0.5, 0.6) is 0 Å². The van der Waals surface area contributed by atoms with E-state index in [-0.39, 0.29) is 25.2 Å². The molecule has 0 rings (SSSR count). The van der Waals surface area contributed by atoms with Crippen molar-refractivity contribution in [1.29, 1.82) is 0 Å². The van der Waals surface area contributed by atoms with Gasteiger partial charge < -0.3 is 14.6 Å². The molecule has 5 nitrogen and oxygen atoms in total. The molecular formula is C32H62O5. The van der Waals surface area contributed by atoms with Crippen molar-refractivity contribution in [3.05, 3.63) is 0 Å². The molecule has 0 fully saturated rings. The molecule has 1 atom stereocenters. The van der Waals surface area contributed by atoms with Crippen molar-refractivity contribution in [3.8, 4) is 0 Å². The minimum absolute atomic E-state index is 0.0611. The monoisotopic (exact) mass is 526 g/mol. The summed E-state index contributed by atoms with van der Waals surface area (Å²) in [6.07, 6.45) is 23.1. The standard InChI is InChI=1S/C32H62O5/c1-28(2)22-18-14-10-7-5-6-8-12-17-21-25-32(35)37-30(26-33)27-36-31(34)24-20-16-13-9-11-15-19-23-29(3)4/h28-30,33H,5-27H2,1-4H3/t30-/m0/s1. The maximum Gasteiger partial charge on any atom is 0.306 e. The summed E-state index contributed by atoms with van der Waals surface area (Å²) in [6, 6.07) is 0. The molecule has 0 unspecified atom stereocenters. The molecule has 0 saturated heterocycles. The van der Waals surface area contributed by atoms with Crippen molar-refractivity contribution in [1.82, 2.24) is 0 Å². The molecule has 0 bridgehead atoms. The summed E-state index contributed by atoms with van der Waals surface area (Å²) in [6.45, 7) is 8.74. The van der Waals surface area contributed by atoms with Crippen LogP contribution >= 0.6 is 0 Å². The molecule has 0 aliphatic rings. The van der Waals surface area contributed by atoms with E-state index in [4.69, 9.17) is 9.47 Å². The van der Waals surface area contributed by atoms with E-state index >= 15 is 0 Å². The number of carbonyl (C=O) groups is 2. The van der Waals surface area contributed by atoms with Gasteiger partial charge in [0.15, 0.2) is 6.10 Å². The highest BCUT2D eigenvalue weighted by Gasteiger charge is 2.16. The Bertz CT molecular complexity index is 517. The molecule has 37 heavy (non-hydrogen) atoms. The third-order valence-electron chi connectivity index (χ3n) is 7.01. The van der Waals surface area contributed by atoms with Crippen LogP contribution in [0.4, 0.5) is 0 Å². The Morgan fingerprint density at radius 3 is 1.27 bits per heavy atom. The van der Waals surface area contributed by atoms with Crippen molar-refractivity contribution >= 4 is 11.9 Å². The zero-order chi connectivity index (χ0) is 27.6. The fourth-order valence-electron chi connectivity index (χ4n) is 4.57.